The first kappa shape index (κ1) is 32.9. The van der Waals surface area contributed by atoms with Crippen molar-refractivity contribution in [3.05, 3.63) is 54.6 Å². The van der Waals surface area contributed by atoms with E-state index in [1.54, 1.807) is 24.0 Å². The molecule has 1 aromatic carbocycles. The Labute approximate surface area is 261 Å². The molecule has 2 bridgehead atoms. The summed E-state index contributed by atoms with van der Waals surface area (Å²) in [6, 6.07) is 4.77. The number of benzene rings is 1. The molecule has 3 saturated heterocycles. The van der Waals surface area contributed by atoms with Gasteiger partial charge in [0.1, 0.15) is 17.7 Å². The number of rotatable bonds is 14. The SMILES string of the molecule is C=CCCC(=O)NC[C@@H](C)OC(=O)[C@H]1[C@@H]2O[C@@]3(CC2Br)[C@@H]1C(=O)N(CCCO)[C@@H]3C(=O)N(CC=C)c1c(C)cccc1C. The zero-order valence-electron chi connectivity index (χ0n) is 25.1. The van der Waals surface area contributed by atoms with Crippen LogP contribution >= 0.6 is 15.9 Å². The highest BCUT2D eigenvalue weighted by Gasteiger charge is 2.77. The van der Waals surface area contributed by atoms with Crippen LogP contribution in [0.4, 0.5) is 5.69 Å². The summed E-state index contributed by atoms with van der Waals surface area (Å²) in [4.78, 5) is 57.3. The summed E-state index contributed by atoms with van der Waals surface area (Å²) < 4.78 is 12.3. The molecule has 234 valence electrons. The van der Waals surface area contributed by atoms with Gasteiger partial charge in [-0.05, 0) is 51.2 Å². The number of fused-ring (bicyclic) bond motifs is 1. The number of carbonyl (C=O) groups excluding carboxylic acids is 4. The Morgan fingerprint density at radius 3 is 2.60 bits per heavy atom. The zero-order chi connectivity index (χ0) is 31.5. The maximum Gasteiger partial charge on any atom is 0.312 e. The van der Waals surface area contributed by atoms with E-state index in [1.807, 2.05) is 32.0 Å². The Bertz CT molecular complexity index is 1250. The molecular weight excluding hydrogens is 618 g/mol. The highest BCUT2D eigenvalue weighted by Crippen LogP contribution is 2.60. The van der Waals surface area contributed by atoms with Crippen LogP contribution in [0.25, 0.3) is 0 Å². The quantitative estimate of drug-likeness (QED) is 0.179. The first-order chi connectivity index (χ1) is 20.5. The van der Waals surface area contributed by atoms with Gasteiger partial charge in [-0.3, -0.25) is 19.2 Å². The number of hydrogen-bond donors (Lipinski definition) is 2. The van der Waals surface area contributed by atoms with Gasteiger partial charge in [-0.15, -0.1) is 13.2 Å². The summed E-state index contributed by atoms with van der Waals surface area (Å²) >= 11 is 3.67. The van der Waals surface area contributed by atoms with Crippen LogP contribution in [-0.2, 0) is 28.7 Å². The molecule has 0 aromatic heterocycles. The van der Waals surface area contributed by atoms with Crippen molar-refractivity contribution in [1.82, 2.24) is 10.2 Å². The van der Waals surface area contributed by atoms with Crippen molar-refractivity contribution in [3.8, 4) is 0 Å². The second kappa shape index (κ2) is 13.7. The number of amides is 3. The van der Waals surface area contributed by atoms with E-state index in [9.17, 15) is 24.3 Å². The number of allylic oxidation sites excluding steroid dienone is 1. The van der Waals surface area contributed by atoms with E-state index in [0.717, 1.165) is 16.8 Å². The van der Waals surface area contributed by atoms with Gasteiger partial charge in [0.05, 0.1) is 24.5 Å². The number of carbonyl (C=O) groups is 4. The number of hydrogen-bond acceptors (Lipinski definition) is 7. The fraction of sp³-hybridized carbons (Fsp3) is 0.562. The number of halogens is 1. The first-order valence-electron chi connectivity index (χ1n) is 14.8. The summed E-state index contributed by atoms with van der Waals surface area (Å²) in [6.07, 6.45) is 3.44. The average molecular weight is 661 g/mol. The van der Waals surface area contributed by atoms with Gasteiger partial charge in [0.25, 0.3) is 5.91 Å². The molecule has 3 fully saturated rings. The van der Waals surface area contributed by atoms with Crippen molar-refractivity contribution in [1.29, 1.82) is 0 Å². The van der Waals surface area contributed by atoms with Gasteiger partial charge in [-0.2, -0.15) is 0 Å². The van der Waals surface area contributed by atoms with E-state index in [-0.39, 0.29) is 61.6 Å². The predicted molar refractivity (Wildman–Crippen MR) is 166 cm³/mol. The highest BCUT2D eigenvalue weighted by molar-refractivity contribution is 9.09. The molecule has 4 rings (SSSR count). The van der Waals surface area contributed by atoms with Crippen LogP contribution in [0.15, 0.2) is 43.5 Å². The number of para-hydroxylation sites is 1. The van der Waals surface area contributed by atoms with Gasteiger partial charge in [-0.1, -0.05) is 46.3 Å². The van der Waals surface area contributed by atoms with Crippen molar-refractivity contribution in [2.75, 3.05) is 31.1 Å². The molecule has 3 amide bonds. The highest BCUT2D eigenvalue weighted by atomic mass is 79.9. The maximum absolute atomic E-state index is 14.6. The maximum atomic E-state index is 14.6. The average Bonchev–Trinajstić information content (AvgIpc) is 3.56. The number of esters is 1. The van der Waals surface area contributed by atoms with Crippen LogP contribution in [0.3, 0.4) is 0 Å². The Balaban J connectivity index is 1.65. The van der Waals surface area contributed by atoms with Crippen molar-refractivity contribution in [2.45, 2.75) is 75.1 Å². The number of nitrogens with one attached hydrogen (secondary N) is 1. The molecular formula is C32H42BrN3O7. The number of anilines is 1. The van der Waals surface area contributed by atoms with Crippen molar-refractivity contribution in [2.24, 2.45) is 11.8 Å². The van der Waals surface area contributed by atoms with Crippen LogP contribution in [0, 0.1) is 25.7 Å². The minimum atomic E-state index is -1.26. The summed E-state index contributed by atoms with van der Waals surface area (Å²) in [5.74, 6) is -3.32. The number of likely N-dealkylation sites (tertiary alicyclic amines) is 1. The molecule has 1 aromatic rings. The Hall–Kier alpha value is -3.02. The molecule has 3 heterocycles. The number of nitrogens with zero attached hydrogens (tertiary/aromatic N) is 2. The fourth-order valence-corrected chi connectivity index (χ4v) is 7.80. The molecule has 10 nitrogen and oxygen atoms in total. The normalized spacial score (nSPS) is 27.9. The second-order valence-electron chi connectivity index (χ2n) is 11.6. The van der Waals surface area contributed by atoms with E-state index >= 15 is 0 Å². The number of aliphatic hydroxyl groups is 1. The van der Waals surface area contributed by atoms with Crippen LogP contribution in [0.2, 0.25) is 0 Å². The summed E-state index contributed by atoms with van der Waals surface area (Å²) in [7, 11) is 0. The monoisotopic (exact) mass is 659 g/mol. The molecule has 1 unspecified atom stereocenters. The van der Waals surface area contributed by atoms with Gasteiger partial charge < -0.3 is 29.7 Å². The van der Waals surface area contributed by atoms with Crippen molar-refractivity contribution < 1.29 is 33.8 Å². The second-order valence-corrected chi connectivity index (χ2v) is 12.8. The molecule has 3 aliphatic heterocycles. The predicted octanol–water partition coefficient (Wildman–Crippen LogP) is 2.97. The molecule has 43 heavy (non-hydrogen) atoms. The molecule has 2 N–H and O–H groups in total. The number of alkyl halides is 1. The smallest absolute Gasteiger partial charge is 0.312 e. The lowest BCUT2D eigenvalue weighted by atomic mass is 9.70. The summed E-state index contributed by atoms with van der Waals surface area (Å²) in [5.41, 5.74) is 1.28. The van der Waals surface area contributed by atoms with Crippen LogP contribution in [0.1, 0.15) is 43.7 Å². The van der Waals surface area contributed by atoms with Gasteiger partial charge in [0, 0.05) is 36.6 Å². The topological polar surface area (TPSA) is 125 Å². The standard InChI is InChI=1S/C32H42BrN3O7/c1-6-8-13-23(38)34-18-21(5)42-31(41)24-25-29(39)36(15-10-16-37)28(32(25)17-22(33)27(24)43-32)30(40)35(14-7-2)26-19(3)11-9-12-20(26)4/h6-7,9,11-12,21-22,24-25,27-28,37H,1-2,8,10,13-18H2,3-5H3,(H,34,38)/t21-,22?,24-,25+,27-,28-,32+/m1/s1. The van der Waals surface area contributed by atoms with E-state index in [1.165, 1.54) is 4.90 Å². The zero-order valence-corrected chi connectivity index (χ0v) is 26.7. The summed E-state index contributed by atoms with van der Waals surface area (Å²) in [5, 5.41) is 12.4. The minimum absolute atomic E-state index is 0.123. The van der Waals surface area contributed by atoms with Crippen LogP contribution < -0.4 is 10.2 Å². The van der Waals surface area contributed by atoms with E-state index in [4.69, 9.17) is 9.47 Å². The lowest BCUT2D eigenvalue weighted by molar-refractivity contribution is -0.159. The molecule has 11 heteroatoms. The van der Waals surface area contributed by atoms with Crippen molar-refractivity contribution >= 4 is 45.3 Å². The van der Waals surface area contributed by atoms with E-state index < -0.39 is 41.7 Å². The largest absolute Gasteiger partial charge is 0.460 e. The lowest BCUT2D eigenvalue weighted by Crippen LogP contribution is -2.57. The molecule has 3 aliphatic rings. The van der Waals surface area contributed by atoms with Crippen molar-refractivity contribution in [3.63, 3.8) is 0 Å². The summed E-state index contributed by atoms with van der Waals surface area (Å²) in [6.45, 7) is 13.3. The minimum Gasteiger partial charge on any atom is -0.460 e. The Morgan fingerprint density at radius 1 is 1.28 bits per heavy atom. The Morgan fingerprint density at radius 2 is 1.98 bits per heavy atom. The van der Waals surface area contributed by atoms with Crippen LogP contribution in [-0.4, -0.2) is 88.6 Å². The third-order valence-corrected chi connectivity index (χ3v) is 9.46. The molecule has 0 saturated carbocycles. The Kier molecular flexibility index (Phi) is 10.5. The third-order valence-electron chi connectivity index (χ3n) is 8.62. The van der Waals surface area contributed by atoms with Gasteiger partial charge >= 0.3 is 5.97 Å². The number of aryl methyl sites for hydroxylation is 2. The third kappa shape index (κ3) is 6.17. The van der Waals surface area contributed by atoms with E-state index in [2.05, 4.69) is 34.4 Å². The van der Waals surface area contributed by atoms with Gasteiger partial charge in [0.2, 0.25) is 11.8 Å². The fourth-order valence-electron chi connectivity index (χ4n) is 6.86. The molecule has 7 atom stereocenters. The van der Waals surface area contributed by atoms with Crippen LogP contribution in [0.5, 0.6) is 0 Å². The van der Waals surface area contributed by atoms with Gasteiger partial charge in [0.15, 0.2) is 0 Å². The van der Waals surface area contributed by atoms with Gasteiger partial charge in [-0.25, -0.2) is 0 Å². The number of ether oxygens (including phenoxy) is 2. The molecule has 0 aliphatic carbocycles. The molecule has 0 radical (unpaired) electrons. The molecule has 1 spiro atoms. The number of aliphatic hydroxyl groups excluding tert-OH is 1. The van der Waals surface area contributed by atoms with E-state index in [0.29, 0.717) is 12.8 Å². The lowest BCUT2D eigenvalue weighted by Gasteiger charge is -2.37. The first-order valence-corrected chi connectivity index (χ1v) is 15.7.